The van der Waals surface area contributed by atoms with Gasteiger partial charge < -0.3 is 15.4 Å². The van der Waals surface area contributed by atoms with Gasteiger partial charge in [-0.3, -0.25) is 9.59 Å². The van der Waals surface area contributed by atoms with Crippen LogP contribution in [0, 0.1) is 5.92 Å². The highest BCUT2D eigenvalue weighted by Gasteiger charge is 2.13. The molecule has 1 amide bonds. The lowest BCUT2D eigenvalue weighted by Gasteiger charge is -2.11. The minimum Gasteiger partial charge on any atom is -0.465 e. The highest BCUT2D eigenvalue weighted by atomic mass is 16.5. The lowest BCUT2D eigenvalue weighted by molar-refractivity contribution is -0.143. The molecule has 0 saturated heterocycles. The van der Waals surface area contributed by atoms with Crippen molar-refractivity contribution >= 4 is 11.9 Å². The number of hydrogen-bond donors (Lipinski definition) is 2. The van der Waals surface area contributed by atoms with Crippen molar-refractivity contribution in [3.05, 3.63) is 0 Å². The number of carbonyl (C=O) groups excluding carboxylic acids is 2. The molecule has 0 aliphatic rings. The van der Waals surface area contributed by atoms with E-state index in [0.717, 1.165) is 6.54 Å². The summed E-state index contributed by atoms with van der Waals surface area (Å²) in [6, 6.07) is 0. The summed E-state index contributed by atoms with van der Waals surface area (Å²) >= 11 is 0. The molecule has 0 bridgehead atoms. The molecule has 1 atom stereocenters. The maximum absolute atomic E-state index is 11.4. The Kier molecular flexibility index (Phi) is 7.62. The minimum absolute atomic E-state index is 0.0524. The largest absolute Gasteiger partial charge is 0.465 e. The number of nitrogens with one attached hydrogen (secondary N) is 2. The van der Waals surface area contributed by atoms with Crippen LogP contribution in [0.1, 0.15) is 20.8 Å². The summed E-state index contributed by atoms with van der Waals surface area (Å²) in [5.41, 5.74) is 0. The van der Waals surface area contributed by atoms with Crippen molar-refractivity contribution in [2.75, 3.05) is 26.2 Å². The van der Waals surface area contributed by atoms with E-state index in [2.05, 4.69) is 15.4 Å². The van der Waals surface area contributed by atoms with Crippen LogP contribution in [0.3, 0.4) is 0 Å². The molecule has 15 heavy (non-hydrogen) atoms. The molecule has 0 aromatic heterocycles. The highest BCUT2D eigenvalue weighted by molar-refractivity contribution is 5.83. The first-order valence-electron chi connectivity index (χ1n) is 5.25. The monoisotopic (exact) mass is 216 g/mol. The third-order valence-electron chi connectivity index (χ3n) is 1.86. The van der Waals surface area contributed by atoms with Crippen molar-refractivity contribution in [1.82, 2.24) is 10.6 Å². The van der Waals surface area contributed by atoms with Crippen LogP contribution in [-0.4, -0.2) is 38.1 Å². The minimum atomic E-state index is -0.401. The van der Waals surface area contributed by atoms with Gasteiger partial charge in [0.2, 0.25) is 5.91 Å². The number of hydrogen-bond acceptors (Lipinski definition) is 4. The summed E-state index contributed by atoms with van der Waals surface area (Å²) in [4.78, 5) is 22.3. The molecular weight excluding hydrogens is 196 g/mol. The van der Waals surface area contributed by atoms with Gasteiger partial charge in [0.1, 0.15) is 6.54 Å². The Labute approximate surface area is 90.6 Å². The molecular formula is C10H20N2O3. The van der Waals surface area contributed by atoms with Crippen molar-refractivity contribution in [1.29, 1.82) is 0 Å². The van der Waals surface area contributed by atoms with Crippen LogP contribution in [-0.2, 0) is 14.3 Å². The molecule has 88 valence electrons. The number of ether oxygens (including phenoxy) is 1. The van der Waals surface area contributed by atoms with Crippen LogP contribution in [0.2, 0.25) is 0 Å². The molecule has 0 aromatic rings. The average Bonchev–Trinajstić information content (AvgIpc) is 2.22. The molecule has 0 aliphatic carbocycles. The summed E-state index contributed by atoms with van der Waals surface area (Å²) in [5.74, 6) is -0.676. The summed E-state index contributed by atoms with van der Waals surface area (Å²) in [6.07, 6.45) is 0. The van der Waals surface area contributed by atoms with Crippen molar-refractivity contribution < 1.29 is 14.3 Å². The van der Waals surface area contributed by atoms with Gasteiger partial charge in [0, 0.05) is 12.5 Å². The van der Waals surface area contributed by atoms with Gasteiger partial charge in [-0.1, -0.05) is 13.8 Å². The Morgan fingerprint density at radius 2 is 2.00 bits per heavy atom. The lowest BCUT2D eigenvalue weighted by atomic mass is 10.1. The first kappa shape index (κ1) is 13.9. The Hall–Kier alpha value is -1.10. The highest BCUT2D eigenvalue weighted by Crippen LogP contribution is 1.91. The van der Waals surface area contributed by atoms with E-state index in [0.29, 0.717) is 13.2 Å². The van der Waals surface area contributed by atoms with Crippen LogP contribution in [0.25, 0.3) is 0 Å². The standard InChI is InChI=1S/C10H20N2O3/c1-4-11-6-8(3)10(14)12-7-9(13)15-5-2/h8,11H,4-7H2,1-3H3,(H,12,14). The Morgan fingerprint density at radius 3 is 2.53 bits per heavy atom. The molecule has 1 unspecified atom stereocenters. The Bertz CT molecular complexity index is 207. The maximum atomic E-state index is 11.4. The van der Waals surface area contributed by atoms with E-state index < -0.39 is 5.97 Å². The quantitative estimate of drug-likeness (QED) is 0.584. The molecule has 5 heteroatoms. The SMILES string of the molecule is CCNCC(C)C(=O)NCC(=O)OCC. The molecule has 2 N–H and O–H groups in total. The normalized spacial score (nSPS) is 11.9. The fourth-order valence-corrected chi connectivity index (χ4v) is 0.999. The second-order valence-corrected chi connectivity index (χ2v) is 3.23. The molecule has 0 spiro atoms. The van der Waals surface area contributed by atoms with Crippen molar-refractivity contribution in [3.63, 3.8) is 0 Å². The molecule has 5 nitrogen and oxygen atoms in total. The zero-order valence-corrected chi connectivity index (χ0v) is 9.63. The summed E-state index contributed by atoms with van der Waals surface area (Å²) < 4.78 is 4.68. The molecule has 0 fully saturated rings. The number of amides is 1. The zero-order valence-electron chi connectivity index (χ0n) is 9.63. The predicted molar refractivity (Wildman–Crippen MR) is 57.4 cm³/mol. The van der Waals surface area contributed by atoms with E-state index in [4.69, 9.17) is 0 Å². The van der Waals surface area contributed by atoms with Crippen molar-refractivity contribution in [3.8, 4) is 0 Å². The molecule has 0 aromatic carbocycles. The van der Waals surface area contributed by atoms with Crippen LogP contribution in [0.15, 0.2) is 0 Å². The van der Waals surface area contributed by atoms with Crippen LogP contribution >= 0.6 is 0 Å². The third-order valence-corrected chi connectivity index (χ3v) is 1.86. The van der Waals surface area contributed by atoms with E-state index in [9.17, 15) is 9.59 Å². The van der Waals surface area contributed by atoms with Crippen LogP contribution in [0.4, 0.5) is 0 Å². The van der Waals surface area contributed by atoms with Gasteiger partial charge in [-0.05, 0) is 13.5 Å². The van der Waals surface area contributed by atoms with Gasteiger partial charge in [0.05, 0.1) is 6.61 Å². The first-order chi connectivity index (χ1) is 7.11. The summed E-state index contributed by atoms with van der Waals surface area (Å²) in [6.45, 7) is 7.24. The van der Waals surface area contributed by atoms with Gasteiger partial charge in [0.15, 0.2) is 0 Å². The molecule has 0 radical (unpaired) electrons. The Balaban J connectivity index is 3.68. The smallest absolute Gasteiger partial charge is 0.325 e. The maximum Gasteiger partial charge on any atom is 0.325 e. The van der Waals surface area contributed by atoms with Gasteiger partial charge >= 0.3 is 5.97 Å². The fraction of sp³-hybridized carbons (Fsp3) is 0.800. The number of esters is 1. The van der Waals surface area contributed by atoms with E-state index in [1.54, 1.807) is 6.92 Å². The molecule has 0 rings (SSSR count). The van der Waals surface area contributed by atoms with E-state index in [1.807, 2.05) is 13.8 Å². The molecule has 0 heterocycles. The average molecular weight is 216 g/mol. The van der Waals surface area contributed by atoms with Crippen molar-refractivity contribution in [2.45, 2.75) is 20.8 Å². The summed E-state index contributed by atoms with van der Waals surface area (Å²) in [7, 11) is 0. The van der Waals surface area contributed by atoms with Gasteiger partial charge in [0.25, 0.3) is 0 Å². The van der Waals surface area contributed by atoms with Crippen molar-refractivity contribution in [2.24, 2.45) is 5.92 Å². The zero-order chi connectivity index (χ0) is 11.7. The van der Waals surface area contributed by atoms with E-state index >= 15 is 0 Å². The lowest BCUT2D eigenvalue weighted by Crippen LogP contribution is -2.38. The summed E-state index contributed by atoms with van der Waals surface area (Å²) in [5, 5.41) is 5.59. The van der Waals surface area contributed by atoms with E-state index in [-0.39, 0.29) is 18.4 Å². The van der Waals surface area contributed by atoms with Gasteiger partial charge in [-0.15, -0.1) is 0 Å². The van der Waals surface area contributed by atoms with Crippen LogP contribution in [0.5, 0.6) is 0 Å². The van der Waals surface area contributed by atoms with E-state index in [1.165, 1.54) is 0 Å². The molecule has 0 saturated carbocycles. The first-order valence-corrected chi connectivity index (χ1v) is 5.25. The fourth-order valence-electron chi connectivity index (χ4n) is 0.999. The Morgan fingerprint density at radius 1 is 1.33 bits per heavy atom. The number of carbonyl (C=O) groups is 2. The molecule has 0 aliphatic heterocycles. The van der Waals surface area contributed by atoms with Crippen LogP contribution < -0.4 is 10.6 Å². The second-order valence-electron chi connectivity index (χ2n) is 3.23. The topological polar surface area (TPSA) is 67.4 Å². The predicted octanol–water partition coefficient (Wildman–Crippen LogP) is -0.0887. The van der Waals surface area contributed by atoms with Gasteiger partial charge in [-0.25, -0.2) is 0 Å². The van der Waals surface area contributed by atoms with Gasteiger partial charge in [-0.2, -0.15) is 0 Å². The third kappa shape index (κ3) is 6.90. The second kappa shape index (κ2) is 8.23. The number of rotatable bonds is 7.